The van der Waals surface area contributed by atoms with Gasteiger partial charge in [0, 0.05) is 42.3 Å². The first kappa shape index (κ1) is 34.3. The third kappa shape index (κ3) is 5.68. The fourth-order valence-corrected chi connectivity index (χ4v) is 10.0. The van der Waals surface area contributed by atoms with E-state index in [0.717, 1.165) is 38.9 Å². The zero-order chi connectivity index (χ0) is 38.8. The van der Waals surface area contributed by atoms with E-state index >= 15 is 0 Å². The van der Waals surface area contributed by atoms with Crippen molar-refractivity contribution in [3.63, 3.8) is 0 Å². The first-order valence-electron chi connectivity index (χ1n) is 19.8. The molecule has 0 amide bonds. The van der Waals surface area contributed by atoms with Crippen LogP contribution in [0, 0.1) is 0 Å². The Kier molecular flexibility index (Phi) is 8.02. The van der Waals surface area contributed by atoms with E-state index in [0.29, 0.717) is 17.5 Å². The molecule has 4 heteroatoms. The molecule has 11 rings (SSSR count). The summed E-state index contributed by atoms with van der Waals surface area (Å²) in [5, 5.41) is 2.46. The summed E-state index contributed by atoms with van der Waals surface area (Å²) in [5.74, 6) is 1.94. The standard InChI is InChI=1S/C54H37N3S/c1-54(2)47-27-10-8-22-41(47)42-30-29-38(33-48(42)54)36-18-12-17-35(31-36)37-19-13-20-39(32-37)51-55-52(45-24-7-6-21-40(45)34-15-4-3-5-16-34)57-53(56-51)46-26-14-25-44-43-23-9-11-28-49(43)58-50(44)46/h3-33H,1-2H3. The van der Waals surface area contributed by atoms with Gasteiger partial charge < -0.3 is 0 Å². The molecule has 8 aromatic carbocycles. The van der Waals surface area contributed by atoms with Gasteiger partial charge in [-0.25, -0.2) is 15.0 Å². The maximum absolute atomic E-state index is 5.27. The third-order valence-corrected chi connectivity index (χ3v) is 13.0. The van der Waals surface area contributed by atoms with E-state index in [2.05, 4.69) is 196 Å². The first-order valence-corrected chi connectivity index (χ1v) is 20.6. The molecule has 2 aromatic heterocycles. The Bertz CT molecular complexity index is 3210. The molecule has 1 aliphatic carbocycles. The normalized spacial score (nSPS) is 12.8. The molecule has 0 saturated heterocycles. The minimum absolute atomic E-state index is 0.0553. The van der Waals surface area contributed by atoms with Gasteiger partial charge in [-0.3, -0.25) is 0 Å². The number of aromatic nitrogens is 3. The fraction of sp³-hybridized carbons (Fsp3) is 0.0556. The number of hydrogen-bond acceptors (Lipinski definition) is 4. The van der Waals surface area contributed by atoms with E-state index in [1.807, 2.05) is 6.07 Å². The second-order valence-electron chi connectivity index (χ2n) is 15.6. The highest BCUT2D eigenvalue weighted by Gasteiger charge is 2.35. The van der Waals surface area contributed by atoms with Crippen molar-refractivity contribution < 1.29 is 0 Å². The average Bonchev–Trinajstić information content (AvgIpc) is 3.78. The Labute approximate surface area is 342 Å². The van der Waals surface area contributed by atoms with Crippen LogP contribution in [-0.2, 0) is 5.41 Å². The van der Waals surface area contributed by atoms with Gasteiger partial charge in [-0.1, -0.05) is 172 Å². The van der Waals surface area contributed by atoms with Crippen molar-refractivity contribution in [2.75, 3.05) is 0 Å². The van der Waals surface area contributed by atoms with E-state index in [-0.39, 0.29) is 5.41 Å². The Balaban J connectivity index is 1.04. The highest BCUT2D eigenvalue weighted by Crippen LogP contribution is 2.49. The highest BCUT2D eigenvalue weighted by molar-refractivity contribution is 7.26. The monoisotopic (exact) mass is 759 g/mol. The van der Waals surface area contributed by atoms with Gasteiger partial charge in [0.1, 0.15) is 0 Å². The van der Waals surface area contributed by atoms with Crippen LogP contribution in [-0.4, -0.2) is 15.0 Å². The van der Waals surface area contributed by atoms with Crippen LogP contribution in [0.15, 0.2) is 188 Å². The van der Waals surface area contributed by atoms with Crippen LogP contribution in [0.25, 0.3) is 98.8 Å². The number of benzene rings is 8. The molecule has 0 bridgehead atoms. The minimum Gasteiger partial charge on any atom is -0.208 e. The van der Waals surface area contributed by atoms with Crippen LogP contribution in [0.5, 0.6) is 0 Å². The molecule has 3 nitrogen and oxygen atoms in total. The van der Waals surface area contributed by atoms with Gasteiger partial charge in [0.25, 0.3) is 0 Å². The first-order chi connectivity index (χ1) is 28.5. The van der Waals surface area contributed by atoms with Gasteiger partial charge in [0.15, 0.2) is 17.5 Å². The molecule has 0 N–H and O–H groups in total. The molecule has 0 radical (unpaired) electrons. The topological polar surface area (TPSA) is 38.7 Å². The van der Waals surface area contributed by atoms with Crippen LogP contribution >= 0.6 is 11.3 Å². The minimum atomic E-state index is -0.0553. The lowest BCUT2D eigenvalue weighted by molar-refractivity contribution is 0.660. The number of fused-ring (bicyclic) bond motifs is 6. The molecule has 0 aliphatic heterocycles. The van der Waals surface area contributed by atoms with E-state index in [1.165, 1.54) is 53.6 Å². The lowest BCUT2D eigenvalue weighted by Crippen LogP contribution is -2.14. The summed E-state index contributed by atoms with van der Waals surface area (Å²) in [5.41, 5.74) is 15.1. The summed E-state index contributed by atoms with van der Waals surface area (Å²) < 4.78 is 2.42. The Morgan fingerprint density at radius 3 is 1.66 bits per heavy atom. The van der Waals surface area contributed by atoms with Gasteiger partial charge in [0.05, 0.1) is 0 Å². The second kappa shape index (κ2) is 13.6. The van der Waals surface area contributed by atoms with Crippen molar-refractivity contribution in [1.82, 2.24) is 15.0 Å². The predicted molar refractivity (Wildman–Crippen MR) is 243 cm³/mol. The second-order valence-corrected chi connectivity index (χ2v) is 16.6. The zero-order valence-corrected chi connectivity index (χ0v) is 33.0. The SMILES string of the molecule is CC1(C)c2ccccc2-c2ccc(-c3cccc(-c4cccc(-c5nc(-c6ccccc6-c6ccccc6)nc(-c6cccc7c6sc6ccccc67)n5)c4)c3)cc21. The Hall–Kier alpha value is -7.01. The maximum Gasteiger partial charge on any atom is 0.165 e. The molecule has 1 aliphatic rings. The van der Waals surface area contributed by atoms with Gasteiger partial charge in [-0.2, -0.15) is 0 Å². The van der Waals surface area contributed by atoms with Crippen molar-refractivity contribution in [3.8, 4) is 78.7 Å². The molecule has 10 aromatic rings. The number of nitrogens with zero attached hydrogens (tertiary/aromatic N) is 3. The van der Waals surface area contributed by atoms with Crippen molar-refractivity contribution in [2.24, 2.45) is 0 Å². The largest absolute Gasteiger partial charge is 0.208 e. The van der Waals surface area contributed by atoms with Crippen LogP contribution in [0.2, 0.25) is 0 Å². The molecular formula is C54H37N3S. The van der Waals surface area contributed by atoms with E-state index in [1.54, 1.807) is 11.3 Å². The Morgan fingerprint density at radius 2 is 0.862 bits per heavy atom. The predicted octanol–water partition coefficient (Wildman–Crippen LogP) is 14.5. The highest BCUT2D eigenvalue weighted by atomic mass is 32.1. The van der Waals surface area contributed by atoms with Crippen molar-refractivity contribution >= 4 is 31.5 Å². The number of hydrogen-bond donors (Lipinski definition) is 0. The molecule has 274 valence electrons. The lowest BCUT2D eigenvalue weighted by Gasteiger charge is -2.22. The molecular weight excluding hydrogens is 723 g/mol. The zero-order valence-electron chi connectivity index (χ0n) is 32.1. The molecule has 0 saturated carbocycles. The van der Waals surface area contributed by atoms with Crippen LogP contribution in [0.4, 0.5) is 0 Å². The quantitative estimate of drug-likeness (QED) is 0.169. The van der Waals surface area contributed by atoms with Crippen LogP contribution in [0.1, 0.15) is 25.0 Å². The van der Waals surface area contributed by atoms with Crippen molar-refractivity contribution in [3.05, 3.63) is 199 Å². The van der Waals surface area contributed by atoms with E-state index in [4.69, 9.17) is 15.0 Å². The molecule has 0 unspecified atom stereocenters. The van der Waals surface area contributed by atoms with Gasteiger partial charge in [0.2, 0.25) is 0 Å². The maximum atomic E-state index is 5.27. The molecule has 0 atom stereocenters. The van der Waals surface area contributed by atoms with E-state index in [9.17, 15) is 0 Å². The summed E-state index contributed by atoms with van der Waals surface area (Å²) in [4.78, 5) is 15.8. The van der Waals surface area contributed by atoms with Crippen molar-refractivity contribution in [2.45, 2.75) is 19.3 Å². The fourth-order valence-electron chi connectivity index (χ4n) is 8.82. The summed E-state index contributed by atoms with van der Waals surface area (Å²) in [6, 6.07) is 67.2. The third-order valence-electron chi connectivity index (χ3n) is 11.8. The summed E-state index contributed by atoms with van der Waals surface area (Å²) in [6.45, 7) is 4.68. The summed E-state index contributed by atoms with van der Waals surface area (Å²) in [7, 11) is 0. The molecule has 2 heterocycles. The number of thiophene rings is 1. The van der Waals surface area contributed by atoms with Gasteiger partial charge in [-0.15, -0.1) is 11.3 Å². The van der Waals surface area contributed by atoms with Crippen LogP contribution < -0.4 is 0 Å². The lowest BCUT2D eigenvalue weighted by atomic mass is 9.81. The smallest absolute Gasteiger partial charge is 0.165 e. The number of rotatable bonds is 6. The molecule has 0 spiro atoms. The van der Waals surface area contributed by atoms with Crippen LogP contribution in [0.3, 0.4) is 0 Å². The summed E-state index contributed by atoms with van der Waals surface area (Å²) in [6.07, 6.45) is 0. The molecule has 58 heavy (non-hydrogen) atoms. The van der Waals surface area contributed by atoms with Gasteiger partial charge >= 0.3 is 0 Å². The Morgan fingerprint density at radius 1 is 0.345 bits per heavy atom. The van der Waals surface area contributed by atoms with E-state index < -0.39 is 0 Å². The van der Waals surface area contributed by atoms with Gasteiger partial charge in [-0.05, 0) is 86.0 Å². The average molecular weight is 760 g/mol. The van der Waals surface area contributed by atoms with Crippen molar-refractivity contribution in [1.29, 1.82) is 0 Å². The summed E-state index contributed by atoms with van der Waals surface area (Å²) >= 11 is 1.79. The molecule has 0 fully saturated rings.